The Morgan fingerprint density at radius 3 is 2.76 bits per heavy atom. The number of amides is 1. The largest absolute Gasteiger partial charge is 0.310 e. The van der Waals surface area contributed by atoms with Crippen LogP contribution in [0.25, 0.3) is 5.69 Å². The summed E-state index contributed by atoms with van der Waals surface area (Å²) in [4.78, 5) is 12.3. The molecule has 0 bridgehead atoms. The zero-order valence-corrected chi connectivity index (χ0v) is 15.1. The van der Waals surface area contributed by atoms with Crippen LogP contribution in [0.15, 0.2) is 54.6 Å². The van der Waals surface area contributed by atoms with Crippen LogP contribution in [-0.2, 0) is 4.79 Å². The lowest BCUT2D eigenvalue weighted by atomic mass is 10.0. The fourth-order valence-electron chi connectivity index (χ4n) is 3.07. The highest BCUT2D eigenvalue weighted by molar-refractivity contribution is 8.00. The summed E-state index contributed by atoms with van der Waals surface area (Å²) in [6.07, 6.45) is 0. The van der Waals surface area contributed by atoms with Gasteiger partial charge in [-0.1, -0.05) is 48.0 Å². The van der Waals surface area contributed by atoms with Crippen LogP contribution in [0.1, 0.15) is 22.1 Å². The van der Waals surface area contributed by atoms with Crippen molar-refractivity contribution in [3.8, 4) is 5.69 Å². The fourth-order valence-corrected chi connectivity index (χ4v) is 4.44. The Balaban J connectivity index is 1.91. The van der Waals surface area contributed by atoms with Gasteiger partial charge < -0.3 is 5.32 Å². The molecule has 1 aliphatic heterocycles. The first-order valence-corrected chi connectivity index (χ1v) is 9.38. The molecular formula is C19H16ClN3OS. The number of anilines is 1. The van der Waals surface area contributed by atoms with Crippen molar-refractivity contribution in [3.63, 3.8) is 0 Å². The van der Waals surface area contributed by atoms with E-state index in [4.69, 9.17) is 11.6 Å². The van der Waals surface area contributed by atoms with Crippen molar-refractivity contribution in [2.24, 2.45) is 0 Å². The molecule has 0 fully saturated rings. The zero-order valence-electron chi connectivity index (χ0n) is 13.6. The van der Waals surface area contributed by atoms with Crippen LogP contribution >= 0.6 is 23.4 Å². The first-order valence-electron chi connectivity index (χ1n) is 7.95. The van der Waals surface area contributed by atoms with Crippen LogP contribution in [0.5, 0.6) is 0 Å². The van der Waals surface area contributed by atoms with Crippen molar-refractivity contribution < 1.29 is 4.79 Å². The topological polar surface area (TPSA) is 46.9 Å². The monoisotopic (exact) mass is 369 g/mol. The summed E-state index contributed by atoms with van der Waals surface area (Å²) in [5.41, 5.74) is 3.94. The summed E-state index contributed by atoms with van der Waals surface area (Å²) in [6.45, 7) is 1.98. The maximum absolute atomic E-state index is 12.3. The number of nitrogens with zero attached hydrogens (tertiary/aromatic N) is 2. The smallest absolute Gasteiger partial charge is 0.235 e. The van der Waals surface area contributed by atoms with Crippen LogP contribution in [0.4, 0.5) is 5.82 Å². The first-order chi connectivity index (χ1) is 12.1. The number of fused-ring (bicyclic) bond motifs is 1. The Morgan fingerprint density at radius 2 is 2.00 bits per heavy atom. The normalized spacial score (nSPS) is 16.9. The third kappa shape index (κ3) is 3.05. The highest BCUT2D eigenvalue weighted by atomic mass is 35.5. The predicted molar refractivity (Wildman–Crippen MR) is 103 cm³/mol. The summed E-state index contributed by atoms with van der Waals surface area (Å²) in [6, 6.07) is 17.7. The molecule has 2 aromatic carbocycles. The number of carbonyl (C=O) groups is 1. The summed E-state index contributed by atoms with van der Waals surface area (Å²) in [7, 11) is 0. The van der Waals surface area contributed by atoms with Crippen molar-refractivity contribution in [1.82, 2.24) is 9.78 Å². The van der Waals surface area contributed by atoms with Gasteiger partial charge in [0.05, 0.1) is 22.4 Å². The van der Waals surface area contributed by atoms with Gasteiger partial charge in [-0.25, -0.2) is 4.68 Å². The molecule has 2 heterocycles. The van der Waals surface area contributed by atoms with Crippen molar-refractivity contribution in [1.29, 1.82) is 0 Å². The van der Waals surface area contributed by atoms with Gasteiger partial charge in [-0.3, -0.25) is 4.79 Å². The lowest BCUT2D eigenvalue weighted by molar-refractivity contribution is -0.113. The van der Waals surface area contributed by atoms with E-state index in [1.54, 1.807) is 16.4 Å². The molecule has 6 heteroatoms. The predicted octanol–water partition coefficient (Wildman–Crippen LogP) is 4.61. The Bertz CT molecular complexity index is 939. The van der Waals surface area contributed by atoms with Gasteiger partial charge in [-0.2, -0.15) is 5.10 Å². The van der Waals surface area contributed by atoms with Crippen molar-refractivity contribution >= 4 is 35.1 Å². The fraction of sp³-hybridized carbons (Fsp3) is 0.158. The number of rotatable bonds is 2. The van der Waals surface area contributed by atoms with E-state index in [1.165, 1.54) is 5.56 Å². The minimum Gasteiger partial charge on any atom is -0.310 e. The minimum atomic E-state index is -0.0205. The Hall–Kier alpha value is -2.24. The van der Waals surface area contributed by atoms with Crippen molar-refractivity contribution in [2.45, 2.75) is 12.2 Å². The second-order valence-corrected chi connectivity index (χ2v) is 7.42. The van der Waals surface area contributed by atoms with Gasteiger partial charge in [0.15, 0.2) is 0 Å². The van der Waals surface area contributed by atoms with Crippen LogP contribution < -0.4 is 5.32 Å². The number of thioether (sulfide) groups is 1. The molecule has 126 valence electrons. The van der Waals surface area contributed by atoms with E-state index >= 15 is 0 Å². The second kappa shape index (κ2) is 6.58. The lowest BCUT2D eigenvalue weighted by Crippen LogP contribution is -2.15. The molecule has 0 aliphatic carbocycles. The Morgan fingerprint density at radius 1 is 1.20 bits per heavy atom. The number of hydrogen-bond donors (Lipinski definition) is 1. The van der Waals surface area contributed by atoms with E-state index < -0.39 is 0 Å². The maximum atomic E-state index is 12.3. The molecule has 0 radical (unpaired) electrons. The van der Waals surface area contributed by atoms with Gasteiger partial charge in [0.2, 0.25) is 5.91 Å². The van der Waals surface area contributed by atoms with E-state index in [2.05, 4.69) is 22.5 Å². The molecule has 1 aliphatic rings. The van der Waals surface area contributed by atoms with E-state index in [-0.39, 0.29) is 11.2 Å². The molecule has 1 amide bonds. The molecule has 0 saturated carbocycles. The molecule has 0 spiro atoms. The summed E-state index contributed by atoms with van der Waals surface area (Å²) in [5, 5.41) is 8.40. The average molecular weight is 370 g/mol. The van der Waals surface area contributed by atoms with Gasteiger partial charge in [0.1, 0.15) is 5.82 Å². The molecule has 1 aromatic heterocycles. The van der Waals surface area contributed by atoms with Crippen molar-refractivity contribution in [3.05, 3.63) is 76.4 Å². The average Bonchev–Trinajstić information content (AvgIpc) is 2.82. The van der Waals surface area contributed by atoms with E-state index in [0.29, 0.717) is 10.8 Å². The van der Waals surface area contributed by atoms with E-state index in [0.717, 1.165) is 22.8 Å². The molecule has 4 rings (SSSR count). The number of aromatic nitrogens is 2. The SMILES string of the molecule is Cc1nn(-c2cccc(Cl)c2)c2c1[C@@H](c1ccccc1)SCC(=O)N2. The molecule has 4 nitrogen and oxygen atoms in total. The van der Waals surface area contributed by atoms with Crippen LogP contribution in [0, 0.1) is 6.92 Å². The summed E-state index contributed by atoms with van der Waals surface area (Å²) >= 11 is 7.76. The highest BCUT2D eigenvalue weighted by Crippen LogP contribution is 2.43. The lowest BCUT2D eigenvalue weighted by Gasteiger charge is -2.15. The molecular weight excluding hydrogens is 354 g/mol. The maximum Gasteiger partial charge on any atom is 0.235 e. The Kier molecular flexibility index (Phi) is 4.27. The molecule has 0 saturated heterocycles. The van der Waals surface area contributed by atoms with Crippen LogP contribution in [0.2, 0.25) is 5.02 Å². The number of carbonyl (C=O) groups excluding carboxylic acids is 1. The molecule has 1 N–H and O–H groups in total. The standard InChI is InChI=1S/C19H16ClN3OS/c1-12-17-18(13-6-3-2-4-7-13)25-11-16(24)21-19(17)23(22-12)15-9-5-8-14(20)10-15/h2-10,18H,11H2,1H3,(H,21,24)/t18-/m1/s1. The molecule has 25 heavy (non-hydrogen) atoms. The van der Waals surface area contributed by atoms with Gasteiger partial charge in [-0.05, 0) is 30.7 Å². The van der Waals surface area contributed by atoms with Crippen LogP contribution in [0.3, 0.4) is 0 Å². The van der Waals surface area contributed by atoms with Gasteiger partial charge in [0, 0.05) is 10.6 Å². The zero-order chi connectivity index (χ0) is 17.4. The molecule has 1 atom stereocenters. The second-order valence-electron chi connectivity index (χ2n) is 5.89. The minimum absolute atomic E-state index is 0.0205. The first kappa shape index (κ1) is 16.2. The third-order valence-corrected chi connectivity index (χ3v) is 5.67. The quantitative estimate of drug-likeness (QED) is 0.717. The van der Waals surface area contributed by atoms with Crippen molar-refractivity contribution in [2.75, 3.05) is 11.1 Å². The molecule has 3 aromatic rings. The number of halogens is 1. The van der Waals surface area contributed by atoms with E-state index in [1.807, 2.05) is 49.4 Å². The molecule has 0 unspecified atom stereocenters. The van der Waals surface area contributed by atoms with E-state index in [9.17, 15) is 4.79 Å². The summed E-state index contributed by atoms with van der Waals surface area (Å²) in [5.74, 6) is 1.11. The van der Waals surface area contributed by atoms with Gasteiger partial charge >= 0.3 is 0 Å². The van der Waals surface area contributed by atoms with Crippen LogP contribution in [-0.4, -0.2) is 21.4 Å². The third-order valence-electron chi connectivity index (χ3n) is 4.16. The highest BCUT2D eigenvalue weighted by Gasteiger charge is 2.30. The number of nitrogens with one attached hydrogen (secondary N) is 1. The van der Waals surface area contributed by atoms with Gasteiger partial charge in [-0.15, -0.1) is 11.8 Å². The van der Waals surface area contributed by atoms with Gasteiger partial charge in [0.25, 0.3) is 0 Å². The Labute approximate surface area is 155 Å². The summed E-state index contributed by atoms with van der Waals surface area (Å²) < 4.78 is 1.77. The number of benzene rings is 2. The number of hydrogen-bond acceptors (Lipinski definition) is 3. The number of aryl methyl sites for hydroxylation is 1.